The van der Waals surface area contributed by atoms with Crippen molar-refractivity contribution in [1.29, 1.82) is 0 Å². The lowest BCUT2D eigenvalue weighted by Crippen LogP contribution is -2.15. The molecule has 0 unspecified atom stereocenters. The van der Waals surface area contributed by atoms with Gasteiger partial charge in [0.05, 0.1) is 10.3 Å². The Labute approximate surface area is 94.5 Å². The summed E-state index contributed by atoms with van der Waals surface area (Å²) >= 11 is 6.68. The molecule has 0 aliphatic carbocycles. The van der Waals surface area contributed by atoms with Crippen LogP contribution in [0, 0.1) is 5.92 Å². The third-order valence-corrected chi connectivity index (χ3v) is 3.83. The van der Waals surface area contributed by atoms with Crippen molar-refractivity contribution < 1.29 is 5.11 Å². The maximum absolute atomic E-state index is 9.99. The maximum Gasteiger partial charge on any atom is 0.0869 e. The Morgan fingerprint density at radius 1 is 1.36 bits per heavy atom. The van der Waals surface area contributed by atoms with E-state index in [1.807, 2.05) is 43.5 Å². The van der Waals surface area contributed by atoms with Crippen molar-refractivity contribution in [2.75, 3.05) is 6.26 Å². The van der Waals surface area contributed by atoms with Crippen LogP contribution in [0.25, 0.3) is 0 Å². The fraction of sp³-hybridized carbons (Fsp3) is 0.364. The molecule has 0 saturated carbocycles. The van der Waals surface area contributed by atoms with Crippen molar-refractivity contribution in [3.05, 3.63) is 35.9 Å². The summed E-state index contributed by atoms with van der Waals surface area (Å²) in [6.45, 7) is 1.95. The summed E-state index contributed by atoms with van der Waals surface area (Å²) in [5.74, 6) is 0.0161. The van der Waals surface area contributed by atoms with E-state index in [1.165, 1.54) is 11.8 Å². The van der Waals surface area contributed by atoms with Crippen LogP contribution in [-0.2, 0) is 0 Å². The lowest BCUT2D eigenvalue weighted by Gasteiger charge is -2.18. The van der Waals surface area contributed by atoms with Gasteiger partial charge in [-0.25, -0.2) is 0 Å². The predicted molar refractivity (Wildman–Crippen MR) is 66.7 cm³/mol. The molecule has 1 N–H and O–H groups in total. The Bertz CT molecular complexity index is 297. The zero-order valence-corrected chi connectivity index (χ0v) is 9.94. The van der Waals surface area contributed by atoms with Crippen LogP contribution in [0.15, 0.2) is 30.3 Å². The Balaban J connectivity index is 2.75. The highest BCUT2D eigenvalue weighted by atomic mass is 32.2. The van der Waals surface area contributed by atoms with Gasteiger partial charge in [-0.1, -0.05) is 49.5 Å². The van der Waals surface area contributed by atoms with Crippen LogP contribution in [0.5, 0.6) is 0 Å². The van der Waals surface area contributed by atoms with Crippen LogP contribution >= 0.6 is 24.0 Å². The Hall–Kier alpha value is -0.380. The molecule has 1 aromatic carbocycles. The lowest BCUT2D eigenvalue weighted by atomic mass is 9.99. The molecule has 0 fully saturated rings. The number of hydrogen-bond donors (Lipinski definition) is 1. The number of benzene rings is 1. The second kappa shape index (κ2) is 5.49. The van der Waals surface area contributed by atoms with Gasteiger partial charge in [0.25, 0.3) is 0 Å². The third kappa shape index (κ3) is 2.80. The summed E-state index contributed by atoms with van der Waals surface area (Å²) in [5, 5.41) is 9.99. The zero-order valence-electron chi connectivity index (χ0n) is 8.31. The van der Waals surface area contributed by atoms with Gasteiger partial charge < -0.3 is 5.11 Å². The summed E-state index contributed by atoms with van der Waals surface area (Å²) in [6, 6.07) is 9.63. The summed E-state index contributed by atoms with van der Waals surface area (Å²) in [6.07, 6.45) is 1.45. The smallest absolute Gasteiger partial charge is 0.0869 e. The first kappa shape index (κ1) is 11.7. The number of thiocarbonyl (C=S) groups is 1. The fourth-order valence-electron chi connectivity index (χ4n) is 1.25. The second-order valence-corrected chi connectivity index (χ2v) is 4.71. The monoisotopic (exact) mass is 226 g/mol. The van der Waals surface area contributed by atoms with Crippen LogP contribution in [-0.4, -0.2) is 15.6 Å². The molecule has 0 bridgehead atoms. The number of rotatable bonds is 3. The van der Waals surface area contributed by atoms with Gasteiger partial charge in [-0.2, -0.15) is 0 Å². The minimum Gasteiger partial charge on any atom is -0.388 e. The van der Waals surface area contributed by atoms with Gasteiger partial charge >= 0.3 is 0 Å². The van der Waals surface area contributed by atoms with E-state index in [9.17, 15) is 5.11 Å². The van der Waals surface area contributed by atoms with Crippen molar-refractivity contribution >= 4 is 28.2 Å². The largest absolute Gasteiger partial charge is 0.388 e. The van der Waals surface area contributed by atoms with Crippen molar-refractivity contribution in [2.45, 2.75) is 13.0 Å². The quantitative estimate of drug-likeness (QED) is 0.800. The molecular weight excluding hydrogens is 212 g/mol. The van der Waals surface area contributed by atoms with Gasteiger partial charge in [-0.05, 0) is 11.8 Å². The molecule has 3 heteroatoms. The van der Waals surface area contributed by atoms with Gasteiger partial charge in [0.1, 0.15) is 0 Å². The molecule has 1 aromatic rings. The highest BCUT2D eigenvalue weighted by Gasteiger charge is 2.19. The van der Waals surface area contributed by atoms with Crippen LogP contribution < -0.4 is 0 Å². The zero-order chi connectivity index (χ0) is 10.6. The Kier molecular flexibility index (Phi) is 4.58. The SMILES string of the molecule is CSC(=S)[C@H](C)[C@@H](O)c1ccccc1. The van der Waals surface area contributed by atoms with Crippen molar-refractivity contribution in [3.8, 4) is 0 Å². The Morgan fingerprint density at radius 3 is 2.43 bits per heavy atom. The first-order chi connectivity index (χ1) is 6.66. The molecule has 76 valence electrons. The van der Waals surface area contributed by atoms with E-state index < -0.39 is 6.10 Å². The molecule has 0 aliphatic rings. The van der Waals surface area contributed by atoms with E-state index in [-0.39, 0.29) is 5.92 Å². The van der Waals surface area contributed by atoms with E-state index >= 15 is 0 Å². The van der Waals surface area contributed by atoms with Gasteiger partial charge in [-0.15, -0.1) is 11.8 Å². The highest BCUT2D eigenvalue weighted by Crippen LogP contribution is 2.25. The molecule has 14 heavy (non-hydrogen) atoms. The van der Waals surface area contributed by atoms with E-state index in [0.717, 1.165) is 9.76 Å². The molecular formula is C11H14OS2. The van der Waals surface area contributed by atoms with E-state index in [4.69, 9.17) is 12.2 Å². The minimum absolute atomic E-state index is 0.0161. The molecule has 0 spiro atoms. The van der Waals surface area contributed by atoms with Gasteiger partial charge in [0.15, 0.2) is 0 Å². The number of aliphatic hydroxyl groups is 1. The Morgan fingerprint density at radius 2 is 1.93 bits per heavy atom. The molecule has 0 amide bonds. The van der Waals surface area contributed by atoms with Crippen molar-refractivity contribution in [2.24, 2.45) is 5.92 Å². The van der Waals surface area contributed by atoms with Crippen molar-refractivity contribution in [3.63, 3.8) is 0 Å². The standard InChI is InChI=1S/C11H14OS2/c1-8(11(13)14-2)10(12)9-6-4-3-5-7-9/h3-8,10,12H,1-2H3/t8-,10-/m1/s1. The van der Waals surface area contributed by atoms with Crippen LogP contribution in [0.3, 0.4) is 0 Å². The summed E-state index contributed by atoms with van der Waals surface area (Å²) in [7, 11) is 0. The topological polar surface area (TPSA) is 20.2 Å². The first-order valence-corrected chi connectivity index (χ1v) is 6.11. The highest BCUT2D eigenvalue weighted by molar-refractivity contribution is 8.22. The van der Waals surface area contributed by atoms with Crippen LogP contribution in [0.1, 0.15) is 18.6 Å². The average Bonchev–Trinajstić information content (AvgIpc) is 2.27. The molecule has 0 aromatic heterocycles. The van der Waals surface area contributed by atoms with Crippen LogP contribution in [0.2, 0.25) is 0 Å². The molecule has 1 rings (SSSR count). The fourth-order valence-corrected chi connectivity index (χ4v) is 1.88. The number of hydrogen-bond acceptors (Lipinski definition) is 3. The van der Waals surface area contributed by atoms with E-state index in [0.29, 0.717) is 0 Å². The van der Waals surface area contributed by atoms with Gasteiger partial charge in [-0.3, -0.25) is 0 Å². The molecule has 0 saturated heterocycles. The molecule has 1 nitrogen and oxygen atoms in total. The van der Waals surface area contributed by atoms with Gasteiger partial charge in [0.2, 0.25) is 0 Å². The normalized spacial score (nSPS) is 14.8. The maximum atomic E-state index is 9.99. The number of thioether (sulfide) groups is 1. The molecule has 0 radical (unpaired) electrons. The second-order valence-electron chi connectivity index (χ2n) is 3.17. The predicted octanol–water partition coefficient (Wildman–Crippen LogP) is 3.05. The average molecular weight is 226 g/mol. The number of aliphatic hydroxyl groups excluding tert-OH is 1. The van der Waals surface area contributed by atoms with E-state index in [2.05, 4.69) is 0 Å². The van der Waals surface area contributed by atoms with Crippen LogP contribution in [0.4, 0.5) is 0 Å². The summed E-state index contributed by atoms with van der Waals surface area (Å²) < 4.78 is 0.848. The lowest BCUT2D eigenvalue weighted by molar-refractivity contribution is 0.149. The first-order valence-electron chi connectivity index (χ1n) is 4.47. The summed E-state index contributed by atoms with van der Waals surface area (Å²) in [5.41, 5.74) is 0.927. The third-order valence-electron chi connectivity index (χ3n) is 2.19. The van der Waals surface area contributed by atoms with Crippen molar-refractivity contribution in [1.82, 2.24) is 0 Å². The van der Waals surface area contributed by atoms with E-state index in [1.54, 1.807) is 0 Å². The summed E-state index contributed by atoms with van der Waals surface area (Å²) in [4.78, 5) is 0. The minimum atomic E-state index is -0.490. The van der Waals surface area contributed by atoms with Gasteiger partial charge in [0, 0.05) is 5.92 Å². The molecule has 0 heterocycles. The molecule has 0 aliphatic heterocycles. The molecule has 2 atom stereocenters.